The highest BCUT2D eigenvalue weighted by molar-refractivity contribution is 9.10. The van der Waals surface area contributed by atoms with Crippen LogP contribution in [-0.4, -0.2) is 25.2 Å². The summed E-state index contributed by atoms with van der Waals surface area (Å²) in [6.07, 6.45) is 0.632. The number of hydrogen-bond donors (Lipinski definition) is 1. The van der Waals surface area contributed by atoms with E-state index in [1.807, 2.05) is 47.0 Å². The minimum Gasteiger partial charge on any atom is -0.318 e. The fourth-order valence-electron chi connectivity index (χ4n) is 3.70. The Bertz CT molecular complexity index is 1340. The molecule has 0 saturated carbocycles. The lowest BCUT2D eigenvalue weighted by Gasteiger charge is -2.11. The second kappa shape index (κ2) is 9.03. The minimum atomic E-state index is -0.377. The lowest BCUT2D eigenvalue weighted by atomic mass is 10.2. The van der Waals surface area contributed by atoms with E-state index >= 15 is 0 Å². The first-order chi connectivity index (χ1) is 15.0. The average Bonchev–Trinajstić information content (AvgIpc) is 3.13. The largest absolute Gasteiger partial charge is 0.332 e. The maximum Gasteiger partial charge on any atom is 0.332 e. The third-order valence-electron chi connectivity index (χ3n) is 5.35. The predicted molar refractivity (Wildman–Crippen MR) is 125 cm³/mol. The maximum absolute atomic E-state index is 13.0. The van der Waals surface area contributed by atoms with Crippen molar-refractivity contribution in [2.75, 3.05) is 6.54 Å². The molecule has 2 heterocycles. The molecule has 4 aromatic rings. The van der Waals surface area contributed by atoms with Gasteiger partial charge in [-0.05, 0) is 23.3 Å². The van der Waals surface area contributed by atoms with Crippen molar-refractivity contribution in [1.82, 2.24) is 24.0 Å². The number of nitrogens with zero attached hydrogens (tertiary/aromatic N) is 4. The topological polar surface area (TPSA) is 73.8 Å². The molecule has 2 aromatic heterocycles. The molecule has 1 N–H and O–H groups in total. The van der Waals surface area contributed by atoms with Gasteiger partial charge in [0, 0.05) is 44.6 Å². The van der Waals surface area contributed by atoms with Crippen LogP contribution in [0.15, 0.2) is 68.7 Å². The molecule has 0 aliphatic carbocycles. The van der Waals surface area contributed by atoms with Crippen LogP contribution in [0.1, 0.15) is 17.0 Å². The van der Waals surface area contributed by atoms with Crippen molar-refractivity contribution < 1.29 is 0 Å². The highest BCUT2D eigenvalue weighted by Crippen LogP contribution is 2.17. The minimum absolute atomic E-state index is 0.330. The van der Waals surface area contributed by atoms with Crippen molar-refractivity contribution in [2.45, 2.75) is 19.5 Å². The van der Waals surface area contributed by atoms with E-state index in [1.54, 1.807) is 7.05 Å². The standard InChI is InChI=1S/C23H24BrN5O2/c1-27-21-20(22(30)28(2)23(27)31)29(15-17-9-6-10-18(24)13-17)19(26-21)11-12-25-14-16-7-4-3-5-8-16/h3-10,13,25H,11-12,14-15H2,1-2H3. The number of rotatable bonds is 7. The Hall–Kier alpha value is -2.97. The molecule has 2 aromatic carbocycles. The normalized spacial score (nSPS) is 11.3. The van der Waals surface area contributed by atoms with Crippen molar-refractivity contribution in [3.63, 3.8) is 0 Å². The summed E-state index contributed by atoms with van der Waals surface area (Å²) in [5.74, 6) is 0.772. The molecule has 0 aliphatic rings. The van der Waals surface area contributed by atoms with Crippen molar-refractivity contribution in [3.05, 3.63) is 96.9 Å². The number of benzene rings is 2. The van der Waals surface area contributed by atoms with Crippen molar-refractivity contribution in [1.29, 1.82) is 0 Å². The van der Waals surface area contributed by atoms with Crippen LogP contribution in [0, 0.1) is 0 Å². The van der Waals surface area contributed by atoms with E-state index in [4.69, 9.17) is 4.98 Å². The van der Waals surface area contributed by atoms with Crippen molar-refractivity contribution >= 4 is 27.1 Å². The van der Waals surface area contributed by atoms with Gasteiger partial charge in [0.25, 0.3) is 5.56 Å². The van der Waals surface area contributed by atoms with E-state index in [9.17, 15) is 9.59 Å². The molecule has 31 heavy (non-hydrogen) atoms. The van der Waals surface area contributed by atoms with Crippen LogP contribution in [0.5, 0.6) is 0 Å². The zero-order valence-electron chi connectivity index (χ0n) is 17.5. The molecule has 0 saturated heterocycles. The maximum atomic E-state index is 13.0. The third-order valence-corrected chi connectivity index (χ3v) is 5.85. The Labute approximate surface area is 188 Å². The first-order valence-electron chi connectivity index (χ1n) is 10.1. The van der Waals surface area contributed by atoms with Gasteiger partial charge in [0.1, 0.15) is 5.82 Å². The van der Waals surface area contributed by atoms with Gasteiger partial charge in [0.15, 0.2) is 11.2 Å². The number of imidazole rings is 1. The SMILES string of the molecule is Cn1c(=O)c2c(nc(CCNCc3ccccc3)n2Cc2cccc(Br)c2)n(C)c1=O. The quantitative estimate of drug-likeness (QED) is 0.411. The van der Waals surface area contributed by atoms with Crippen LogP contribution >= 0.6 is 15.9 Å². The molecule has 0 unspecified atom stereocenters. The van der Waals surface area contributed by atoms with Crippen molar-refractivity contribution in [2.24, 2.45) is 14.1 Å². The van der Waals surface area contributed by atoms with Crippen LogP contribution in [-0.2, 0) is 33.6 Å². The van der Waals surface area contributed by atoms with Gasteiger partial charge in [-0.3, -0.25) is 13.9 Å². The Morgan fingerprint density at radius 3 is 2.45 bits per heavy atom. The summed E-state index contributed by atoms with van der Waals surface area (Å²) in [6, 6.07) is 18.2. The van der Waals surface area contributed by atoms with E-state index in [0.717, 1.165) is 27.0 Å². The Morgan fingerprint density at radius 1 is 0.968 bits per heavy atom. The van der Waals surface area contributed by atoms with Crippen LogP contribution < -0.4 is 16.6 Å². The van der Waals surface area contributed by atoms with Gasteiger partial charge < -0.3 is 9.88 Å². The number of fused-ring (bicyclic) bond motifs is 1. The van der Waals surface area contributed by atoms with Gasteiger partial charge in [0.2, 0.25) is 0 Å². The molecule has 160 valence electrons. The van der Waals surface area contributed by atoms with Crippen molar-refractivity contribution in [3.8, 4) is 0 Å². The van der Waals surface area contributed by atoms with Gasteiger partial charge in [-0.1, -0.05) is 58.4 Å². The number of nitrogens with one attached hydrogen (secondary N) is 1. The van der Waals surface area contributed by atoms with Gasteiger partial charge in [0.05, 0.1) is 0 Å². The van der Waals surface area contributed by atoms with E-state index in [2.05, 4.69) is 33.4 Å². The first kappa shape index (κ1) is 21.3. The van der Waals surface area contributed by atoms with E-state index in [-0.39, 0.29) is 11.2 Å². The van der Waals surface area contributed by atoms with Crippen LogP contribution in [0.3, 0.4) is 0 Å². The molecule has 0 spiro atoms. The van der Waals surface area contributed by atoms with E-state index in [0.29, 0.717) is 30.7 Å². The number of hydrogen-bond acceptors (Lipinski definition) is 4. The van der Waals surface area contributed by atoms with Gasteiger partial charge in [-0.25, -0.2) is 9.78 Å². The fourth-order valence-corrected chi connectivity index (χ4v) is 4.15. The molecule has 0 amide bonds. The summed E-state index contributed by atoms with van der Waals surface area (Å²) in [5, 5.41) is 3.43. The van der Waals surface area contributed by atoms with Crippen LogP contribution in [0.4, 0.5) is 0 Å². The molecule has 0 bridgehead atoms. The summed E-state index contributed by atoms with van der Waals surface area (Å²) in [7, 11) is 3.15. The molecule has 8 heteroatoms. The third kappa shape index (κ3) is 4.40. The Morgan fingerprint density at radius 2 is 1.71 bits per heavy atom. The van der Waals surface area contributed by atoms with Gasteiger partial charge >= 0.3 is 5.69 Å². The Balaban J connectivity index is 1.69. The fraction of sp³-hybridized carbons (Fsp3) is 0.261. The first-order valence-corrected chi connectivity index (χ1v) is 10.9. The zero-order valence-corrected chi connectivity index (χ0v) is 19.1. The molecule has 0 aliphatic heterocycles. The molecule has 0 fully saturated rings. The molecular weight excluding hydrogens is 458 g/mol. The van der Waals surface area contributed by atoms with E-state index < -0.39 is 0 Å². The summed E-state index contributed by atoms with van der Waals surface area (Å²) in [6.45, 7) is 1.95. The van der Waals surface area contributed by atoms with Gasteiger partial charge in [-0.15, -0.1) is 0 Å². The van der Waals surface area contributed by atoms with Crippen LogP contribution in [0.2, 0.25) is 0 Å². The smallest absolute Gasteiger partial charge is 0.318 e. The zero-order chi connectivity index (χ0) is 22.0. The summed E-state index contributed by atoms with van der Waals surface area (Å²) in [5.41, 5.74) is 2.41. The highest BCUT2D eigenvalue weighted by atomic mass is 79.9. The lowest BCUT2D eigenvalue weighted by Crippen LogP contribution is -2.37. The lowest BCUT2D eigenvalue weighted by molar-refractivity contribution is 0.645. The highest BCUT2D eigenvalue weighted by Gasteiger charge is 2.19. The predicted octanol–water partition coefficient (Wildman–Crippen LogP) is 2.58. The number of aromatic nitrogens is 4. The second-order valence-electron chi connectivity index (χ2n) is 7.53. The number of halogens is 1. The second-order valence-corrected chi connectivity index (χ2v) is 8.45. The summed E-state index contributed by atoms with van der Waals surface area (Å²) in [4.78, 5) is 30.1. The molecule has 0 atom stereocenters. The van der Waals surface area contributed by atoms with E-state index in [1.165, 1.54) is 17.2 Å². The molecular formula is C23H24BrN5O2. The summed E-state index contributed by atoms with van der Waals surface area (Å²) < 4.78 is 5.48. The summed E-state index contributed by atoms with van der Waals surface area (Å²) >= 11 is 3.51. The molecule has 0 radical (unpaired) electrons. The van der Waals surface area contributed by atoms with Gasteiger partial charge in [-0.2, -0.15) is 0 Å². The number of aryl methyl sites for hydroxylation is 1. The Kier molecular flexibility index (Phi) is 6.20. The molecule has 4 rings (SSSR count). The van der Waals surface area contributed by atoms with Crippen LogP contribution in [0.25, 0.3) is 11.2 Å². The average molecular weight is 482 g/mol. The monoisotopic (exact) mass is 481 g/mol. The molecule has 7 nitrogen and oxygen atoms in total.